The molecule has 0 saturated carbocycles. The average molecular weight is 147 g/mol. The van der Waals surface area contributed by atoms with Crippen molar-refractivity contribution < 1.29 is 4.21 Å². The van der Waals surface area contributed by atoms with Gasteiger partial charge in [0.1, 0.15) is 0 Å². The summed E-state index contributed by atoms with van der Waals surface area (Å²) < 4.78 is 10.7. The van der Waals surface area contributed by atoms with E-state index in [4.69, 9.17) is 0 Å². The highest BCUT2D eigenvalue weighted by molar-refractivity contribution is 7.84. The lowest BCUT2D eigenvalue weighted by Gasteiger charge is -2.05. The Morgan fingerprint density at radius 3 is 3.00 bits per heavy atom. The quantitative estimate of drug-likeness (QED) is 0.601. The molecular formula is C6H13NOS. The van der Waals surface area contributed by atoms with Crippen molar-refractivity contribution in [2.75, 3.05) is 18.6 Å². The highest BCUT2D eigenvalue weighted by Gasteiger charge is 2.14. The smallest absolute Gasteiger partial charge is 0.0386 e. The Morgan fingerprint density at radius 2 is 2.56 bits per heavy atom. The molecule has 9 heavy (non-hydrogen) atoms. The Kier molecular flexibility index (Phi) is 2.66. The van der Waals surface area contributed by atoms with Crippen LogP contribution in [0.1, 0.15) is 12.8 Å². The lowest BCUT2D eigenvalue weighted by Crippen LogP contribution is -2.27. The summed E-state index contributed by atoms with van der Waals surface area (Å²) in [6.07, 6.45) is 4.22. The normalized spacial score (nSPS) is 30.6. The largest absolute Gasteiger partial charge is 0.313 e. The van der Waals surface area contributed by atoms with Crippen molar-refractivity contribution in [2.24, 2.45) is 0 Å². The van der Waals surface area contributed by atoms with E-state index in [1.807, 2.05) is 0 Å². The summed E-state index contributed by atoms with van der Waals surface area (Å²) in [7, 11) is -0.618. The maximum Gasteiger partial charge on any atom is 0.0386 e. The fraction of sp³-hybridized carbons (Fsp3) is 1.00. The van der Waals surface area contributed by atoms with Gasteiger partial charge in [-0.1, -0.05) is 0 Å². The first kappa shape index (κ1) is 7.22. The highest BCUT2D eigenvalue weighted by atomic mass is 32.2. The van der Waals surface area contributed by atoms with Crippen LogP contribution >= 0.6 is 0 Å². The van der Waals surface area contributed by atoms with Gasteiger partial charge in [-0.25, -0.2) is 0 Å². The van der Waals surface area contributed by atoms with E-state index in [1.165, 1.54) is 12.8 Å². The van der Waals surface area contributed by atoms with Crippen molar-refractivity contribution in [1.29, 1.82) is 0 Å². The molecule has 0 bridgehead atoms. The van der Waals surface area contributed by atoms with Crippen LogP contribution in [0.2, 0.25) is 0 Å². The molecule has 1 fully saturated rings. The third-order valence-electron chi connectivity index (χ3n) is 1.60. The third-order valence-corrected chi connectivity index (χ3v) is 2.47. The minimum atomic E-state index is -0.618. The Morgan fingerprint density at radius 1 is 1.78 bits per heavy atom. The molecule has 0 amide bonds. The second-order valence-electron chi connectivity index (χ2n) is 2.53. The molecule has 0 aromatic carbocycles. The van der Waals surface area contributed by atoms with Crippen molar-refractivity contribution >= 4 is 10.8 Å². The van der Waals surface area contributed by atoms with Crippen molar-refractivity contribution in [3.63, 3.8) is 0 Å². The van der Waals surface area contributed by atoms with Gasteiger partial charge in [0.25, 0.3) is 0 Å². The molecule has 1 unspecified atom stereocenters. The summed E-state index contributed by atoms with van der Waals surface area (Å²) in [4.78, 5) is 0. The highest BCUT2D eigenvalue weighted by Crippen LogP contribution is 2.04. The van der Waals surface area contributed by atoms with Gasteiger partial charge in [-0.15, -0.1) is 0 Å². The van der Waals surface area contributed by atoms with Crippen LogP contribution in [0, 0.1) is 0 Å². The van der Waals surface area contributed by atoms with Gasteiger partial charge in [-0.3, -0.25) is 4.21 Å². The topological polar surface area (TPSA) is 29.1 Å². The van der Waals surface area contributed by atoms with Gasteiger partial charge in [0.2, 0.25) is 0 Å². The van der Waals surface area contributed by atoms with E-state index < -0.39 is 10.8 Å². The molecule has 1 N–H and O–H groups in total. The minimum absolute atomic E-state index is 0.538. The fourth-order valence-electron chi connectivity index (χ4n) is 1.18. The van der Waals surface area contributed by atoms with Crippen LogP contribution in [0.4, 0.5) is 0 Å². The molecule has 0 aromatic rings. The molecule has 0 aliphatic carbocycles. The molecule has 54 valence electrons. The van der Waals surface area contributed by atoms with Crippen LogP contribution in [0.15, 0.2) is 0 Å². The minimum Gasteiger partial charge on any atom is -0.313 e. The zero-order valence-corrected chi connectivity index (χ0v) is 6.54. The molecule has 1 saturated heterocycles. The molecule has 0 spiro atoms. The van der Waals surface area contributed by atoms with Gasteiger partial charge >= 0.3 is 0 Å². The Hall–Kier alpha value is 0.110. The predicted molar refractivity (Wildman–Crippen MR) is 40.0 cm³/mol. The summed E-state index contributed by atoms with van der Waals surface area (Å²) >= 11 is 0. The van der Waals surface area contributed by atoms with Crippen LogP contribution in [0.25, 0.3) is 0 Å². The molecule has 2 atom stereocenters. The van der Waals surface area contributed by atoms with Crippen molar-refractivity contribution in [3.8, 4) is 0 Å². The fourth-order valence-corrected chi connectivity index (χ4v) is 2.03. The predicted octanol–water partition coefficient (Wildman–Crippen LogP) is 0.117. The maximum atomic E-state index is 10.7. The van der Waals surface area contributed by atoms with Gasteiger partial charge in [0.15, 0.2) is 0 Å². The van der Waals surface area contributed by atoms with Crippen LogP contribution < -0.4 is 5.32 Å². The Balaban J connectivity index is 2.19. The van der Waals surface area contributed by atoms with Gasteiger partial charge in [-0.05, 0) is 19.4 Å². The number of hydrogen-bond donors (Lipinski definition) is 1. The zero-order valence-electron chi connectivity index (χ0n) is 5.72. The average Bonchev–Trinajstić information content (AvgIpc) is 2.15. The summed E-state index contributed by atoms with van der Waals surface area (Å²) in [6, 6.07) is 0.538. The van der Waals surface area contributed by atoms with Gasteiger partial charge in [-0.2, -0.15) is 0 Å². The summed E-state index contributed by atoms with van der Waals surface area (Å²) in [5, 5.41) is 3.29. The molecule has 0 aromatic heterocycles. The molecular weight excluding hydrogens is 134 g/mol. The monoisotopic (exact) mass is 147 g/mol. The van der Waals surface area contributed by atoms with Gasteiger partial charge < -0.3 is 5.32 Å². The molecule has 1 rings (SSSR count). The summed E-state index contributed by atoms with van der Waals surface area (Å²) in [6.45, 7) is 1.11. The maximum absolute atomic E-state index is 10.7. The van der Waals surface area contributed by atoms with Crippen LogP contribution in [0.5, 0.6) is 0 Å². The lowest BCUT2D eigenvalue weighted by atomic mass is 10.3. The zero-order chi connectivity index (χ0) is 6.69. The lowest BCUT2D eigenvalue weighted by molar-refractivity contribution is 0.646. The van der Waals surface area contributed by atoms with E-state index in [-0.39, 0.29) is 0 Å². The standard InChI is InChI=1S/C6H13NOS/c1-9(8)5-6-3-2-4-7-6/h6-7H,2-5H2,1H3/t6-,9?/m0/s1. The van der Waals surface area contributed by atoms with Gasteiger partial charge in [0, 0.05) is 28.9 Å². The molecule has 3 heteroatoms. The van der Waals surface area contributed by atoms with E-state index in [0.717, 1.165) is 12.3 Å². The van der Waals surface area contributed by atoms with E-state index in [2.05, 4.69) is 5.32 Å². The SMILES string of the molecule is CS(=O)C[C@@H]1CCCN1. The molecule has 1 heterocycles. The number of nitrogens with one attached hydrogen (secondary N) is 1. The third kappa shape index (κ3) is 2.45. The Bertz CT molecular complexity index is 110. The van der Waals surface area contributed by atoms with E-state index in [1.54, 1.807) is 6.26 Å². The number of rotatable bonds is 2. The second-order valence-corrected chi connectivity index (χ2v) is 4.01. The van der Waals surface area contributed by atoms with E-state index >= 15 is 0 Å². The molecule has 0 radical (unpaired) electrons. The first-order valence-corrected chi connectivity index (χ1v) is 5.05. The van der Waals surface area contributed by atoms with Crippen LogP contribution in [-0.4, -0.2) is 28.8 Å². The van der Waals surface area contributed by atoms with Crippen molar-refractivity contribution in [3.05, 3.63) is 0 Å². The first-order valence-electron chi connectivity index (χ1n) is 3.32. The van der Waals surface area contributed by atoms with Crippen molar-refractivity contribution in [1.82, 2.24) is 5.32 Å². The first-order chi connectivity index (χ1) is 4.29. The van der Waals surface area contributed by atoms with Crippen LogP contribution in [-0.2, 0) is 10.8 Å². The second kappa shape index (κ2) is 3.32. The van der Waals surface area contributed by atoms with E-state index in [0.29, 0.717) is 6.04 Å². The number of hydrogen-bond acceptors (Lipinski definition) is 2. The Labute approximate surface area is 58.5 Å². The van der Waals surface area contributed by atoms with Crippen molar-refractivity contribution in [2.45, 2.75) is 18.9 Å². The summed E-state index contributed by atoms with van der Waals surface area (Å²) in [5.41, 5.74) is 0. The van der Waals surface area contributed by atoms with Gasteiger partial charge in [0.05, 0.1) is 0 Å². The molecule has 2 nitrogen and oxygen atoms in total. The molecule has 1 aliphatic rings. The van der Waals surface area contributed by atoms with Crippen LogP contribution in [0.3, 0.4) is 0 Å². The molecule has 1 aliphatic heterocycles. The summed E-state index contributed by atoms with van der Waals surface area (Å²) in [5.74, 6) is 0.833. The van der Waals surface area contributed by atoms with E-state index in [9.17, 15) is 4.21 Å².